The Balaban J connectivity index is 2.32. The second-order valence-electron chi connectivity index (χ2n) is 8.77. The molecule has 0 amide bonds. The van der Waals surface area contributed by atoms with Crippen molar-refractivity contribution in [2.24, 2.45) is 11.3 Å². The van der Waals surface area contributed by atoms with E-state index in [2.05, 4.69) is 52.0 Å². The number of carbonyl (C=O) groups excluding carboxylic acids is 1. The number of benzene rings is 2. The Hall–Kier alpha value is -2.81. The third-order valence-electron chi connectivity index (χ3n) is 6.28. The summed E-state index contributed by atoms with van der Waals surface area (Å²) in [7, 11) is 3.35. The minimum Gasteiger partial charge on any atom is -0.497 e. The lowest BCUT2D eigenvalue weighted by Gasteiger charge is -2.28. The maximum absolute atomic E-state index is 12.6. The molecule has 1 unspecified atom stereocenters. The largest absolute Gasteiger partial charge is 0.497 e. The number of allylic oxidation sites excluding steroid dienone is 3. The van der Waals surface area contributed by atoms with Crippen LogP contribution in [-0.4, -0.2) is 20.0 Å². The first kappa shape index (κ1) is 21.9. The van der Waals surface area contributed by atoms with E-state index in [4.69, 9.17) is 9.47 Å². The summed E-state index contributed by atoms with van der Waals surface area (Å²) in [6.45, 7) is 10.4. The fourth-order valence-corrected chi connectivity index (χ4v) is 4.98. The topological polar surface area (TPSA) is 35.5 Å². The predicted octanol–water partition coefficient (Wildman–Crippen LogP) is 6.48. The van der Waals surface area contributed by atoms with Gasteiger partial charge in [-0.25, -0.2) is 0 Å². The molecular weight excluding hydrogens is 372 g/mol. The third-order valence-corrected chi connectivity index (χ3v) is 6.28. The molecule has 2 aromatic rings. The number of Topliss-reactive ketones (excluding diaryl/α,β-unsaturated/α-hetero) is 1. The van der Waals surface area contributed by atoms with Crippen molar-refractivity contribution in [2.45, 2.75) is 41.0 Å². The van der Waals surface area contributed by atoms with Gasteiger partial charge in [-0.2, -0.15) is 0 Å². The van der Waals surface area contributed by atoms with E-state index >= 15 is 0 Å². The minimum absolute atomic E-state index is 0.0242. The van der Waals surface area contributed by atoms with Gasteiger partial charge < -0.3 is 9.47 Å². The fraction of sp³-hybridized carbons (Fsp3) is 0.370. The van der Waals surface area contributed by atoms with E-state index < -0.39 is 0 Å². The molecule has 3 heteroatoms. The van der Waals surface area contributed by atoms with Crippen LogP contribution in [-0.2, 0) is 4.79 Å². The maximum Gasteiger partial charge on any atom is 0.134 e. The number of methoxy groups -OCH3 is 2. The van der Waals surface area contributed by atoms with Crippen molar-refractivity contribution in [3.63, 3.8) is 0 Å². The van der Waals surface area contributed by atoms with Crippen LogP contribution < -0.4 is 9.47 Å². The smallest absolute Gasteiger partial charge is 0.134 e. The molecule has 0 aliphatic heterocycles. The van der Waals surface area contributed by atoms with Crippen molar-refractivity contribution in [1.82, 2.24) is 0 Å². The molecule has 30 heavy (non-hydrogen) atoms. The van der Waals surface area contributed by atoms with Crippen molar-refractivity contribution in [1.29, 1.82) is 0 Å². The molecule has 2 aromatic carbocycles. The first-order valence-corrected chi connectivity index (χ1v) is 10.4. The highest BCUT2D eigenvalue weighted by Gasteiger charge is 2.45. The molecule has 0 spiro atoms. The Kier molecular flexibility index (Phi) is 6.21. The Labute approximate surface area is 180 Å². The average Bonchev–Trinajstić information content (AvgIpc) is 3.00. The number of ether oxygens (including phenoxy) is 2. The molecule has 1 aliphatic rings. The summed E-state index contributed by atoms with van der Waals surface area (Å²) in [4.78, 5) is 12.6. The summed E-state index contributed by atoms with van der Waals surface area (Å²) in [6.07, 6.45) is 0.746. The molecule has 0 radical (unpaired) electrons. The lowest BCUT2D eigenvalue weighted by atomic mass is 9.75. The summed E-state index contributed by atoms with van der Waals surface area (Å²) < 4.78 is 10.7. The summed E-state index contributed by atoms with van der Waals surface area (Å²) >= 11 is 0. The highest BCUT2D eigenvalue weighted by atomic mass is 16.5. The Morgan fingerprint density at radius 3 is 1.60 bits per heavy atom. The minimum atomic E-state index is -0.204. The number of ketones is 1. The second kappa shape index (κ2) is 8.51. The van der Waals surface area contributed by atoms with Gasteiger partial charge >= 0.3 is 0 Å². The molecular formula is C27H32O3. The monoisotopic (exact) mass is 404 g/mol. The SMILES string of the molecule is COc1ccc(C(=C2CC(C(C)=O)C(C)(C)C2=C(C)C)c2ccc(OC)cc2)cc1. The Morgan fingerprint density at radius 1 is 0.833 bits per heavy atom. The van der Waals surface area contributed by atoms with Crippen LogP contribution in [0.4, 0.5) is 0 Å². The van der Waals surface area contributed by atoms with Gasteiger partial charge in [0, 0.05) is 5.92 Å². The zero-order chi connectivity index (χ0) is 22.1. The Bertz CT molecular complexity index is 936. The van der Waals surface area contributed by atoms with Crippen LogP contribution in [0.1, 0.15) is 52.2 Å². The standard InChI is InChI=1S/C27H32O3/c1-17(2)26-23(16-24(18(3)28)27(26,4)5)25(19-8-12-21(29-6)13-9-19)20-10-14-22(30-7)15-11-20/h8-15,24H,16H2,1-7H3. The van der Waals surface area contributed by atoms with Crippen molar-refractivity contribution in [3.8, 4) is 11.5 Å². The lowest BCUT2D eigenvalue weighted by molar-refractivity contribution is -0.122. The van der Waals surface area contributed by atoms with Gasteiger partial charge in [-0.05, 0) is 84.7 Å². The molecule has 1 saturated carbocycles. The van der Waals surface area contributed by atoms with E-state index in [9.17, 15) is 4.79 Å². The second-order valence-corrected chi connectivity index (χ2v) is 8.77. The van der Waals surface area contributed by atoms with Crippen LogP contribution >= 0.6 is 0 Å². The van der Waals surface area contributed by atoms with Crippen molar-refractivity contribution in [2.75, 3.05) is 14.2 Å². The van der Waals surface area contributed by atoms with E-state index in [0.717, 1.165) is 29.0 Å². The molecule has 0 N–H and O–H groups in total. The number of rotatable bonds is 5. The van der Waals surface area contributed by atoms with Crippen LogP contribution in [0.15, 0.2) is 65.3 Å². The molecule has 1 fully saturated rings. The van der Waals surface area contributed by atoms with Crippen molar-refractivity contribution < 1.29 is 14.3 Å². The van der Waals surface area contributed by atoms with Gasteiger partial charge in [0.25, 0.3) is 0 Å². The predicted molar refractivity (Wildman–Crippen MR) is 123 cm³/mol. The van der Waals surface area contributed by atoms with Crippen LogP contribution in [0.5, 0.6) is 11.5 Å². The van der Waals surface area contributed by atoms with E-state index in [0.29, 0.717) is 0 Å². The first-order valence-electron chi connectivity index (χ1n) is 10.4. The van der Waals surface area contributed by atoms with Crippen LogP contribution in [0.3, 0.4) is 0 Å². The average molecular weight is 405 g/mol. The van der Waals surface area contributed by atoms with Gasteiger partial charge in [0.2, 0.25) is 0 Å². The number of hydrogen-bond acceptors (Lipinski definition) is 3. The van der Waals surface area contributed by atoms with Crippen molar-refractivity contribution >= 4 is 11.4 Å². The third kappa shape index (κ3) is 3.94. The zero-order valence-electron chi connectivity index (χ0n) is 19.1. The highest BCUT2D eigenvalue weighted by molar-refractivity contribution is 5.89. The van der Waals surface area contributed by atoms with Gasteiger partial charge in [0.05, 0.1) is 14.2 Å². The van der Waals surface area contributed by atoms with Crippen LogP contribution in [0, 0.1) is 11.3 Å². The van der Waals surface area contributed by atoms with Crippen molar-refractivity contribution in [3.05, 3.63) is 76.4 Å². The first-order chi connectivity index (χ1) is 14.2. The van der Waals surface area contributed by atoms with E-state index in [1.807, 2.05) is 24.3 Å². The molecule has 3 rings (SSSR count). The van der Waals surface area contributed by atoms with Crippen LogP contribution in [0.2, 0.25) is 0 Å². The normalized spacial score (nSPS) is 17.6. The van der Waals surface area contributed by atoms with Crippen LogP contribution in [0.25, 0.3) is 5.57 Å². The van der Waals surface area contributed by atoms with E-state index in [1.54, 1.807) is 21.1 Å². The molecule has 1 atom stereocenters. The summed E-state index contributed by atoms with van der Waals surface area (Å²) in [5.41, 5.74) is 7.03. The number of hydrogen-bond donors (Lipinski definition) is 0. The van der Waals surface area contributed by atoms with Gasteiger partial charge in [0.15, 0.2) is 0 Å². The summed E-state index contributed by atoms with van der Waals surface area (Å²) in [5, 5.41) is 0. The maximum atomic E-state index is 12.6. The molecule has 0 saturated heterocycles. The molecule has 3 nitrogen and oxygen atoms in total. The molecule has 0 aromatic heterocycles. The molecule has 0 heterocycles. The van der Waals surface area contributed by atoms with Gasteiger partial charge in [-0.15, -0.1) is 0 Å². The van der Waals surface area contributed by atoms with Gasteiger partial charge in [-0.3, -0.25) is 4.79 Å². The fourth-order valence-electron chi connectivity index (χ4n) is 4.98. The van der Waals surface area contributed by atoms with E-state index in [1.165, 1.54) is 22.3 Å². The molecule has 1 aliphatic carbocycles. The zero-order valence-corrected chi connectivity index (χ0v) is 19.1. The Morgan fingerprint density at radius 2 is 1.27 bits per heavy atom. The highest BCUT2D eigenvalue weighted by Crippen LogP contribution is 2.54. The molecule has 158 valence electrons. The summed E-state index contributed by atoms with van der Waals surface area (Å²) in [5.74, 6) is 1.88. The van der Waals surface area contributed by atoms with Gasteiger partial charge in [-0.1, -0.05) is 43.7 Å². The number of carbonyl (C=O) groups is 1. The molecule has 0 bridgehead atoms. The quantitative estimate of drug-likeness (QED) is 0.572. The lowest BCUT2D eigenvalue weighted by Crippen LogP contribution is -2.25. The van der Waals surface area contributed by atoms with Gasteiger partial charge in [0.1, 0.15) is 17.3 Å². The van der Waals surface area contributed by atoms with E-state index in [-0.39, 0.29) is 17.1 Å². The summed E-state index contributed by atoms with van der Waals surface area (Å²) in [6, 6.07) is 16.4.